The Morgan fingerprint density at radius 3 is 2.72 bits per heavy atom. The summed E-state index contributed by atoms with van der Waals surface area (Å²) in [6.07, 6.45) is -4.58. The van der Waals surface area contributed by atoms with Crippen LogP contribution in [0, 0.1) is 18.3 Å². The van der Waals surface area contributed by atoms with Gasteiger partial charge in [-0.25, -0.2) is 4.98 Å². The fourth-order valence-corrected chi connectivity index (χ4v) is 2.22. The number of H-pyrrole nitrogens is 1. The second kappa shape index (κ2) is 5.42. The van der Waals surface area contributed by atoms with E-state index in [0.717, 1.165) is 0 Å². The number of nitrogens with two attached hydrogens (primary N) is 1. The maximum Gasteiger partial charge on any atom is 0.399 e. The Labute approximate surface area is 105 Å². The number of hydrogen-bond donors (Lipinski definition) is 3. The van der Waals surface area contributed by atoms with Gasteiger partial charge < -0.3 is 10.7 Å². The summed E-state index contributed by atoms with van der Waals surface area (Å²) in [6, 6.07) is 1.23. The average molecular weight is 280 g/mol. The van der Waals surface area contributed by atoms with Gasteiger partial charge >= 0.3 is 6.18 Å². The van der Waals surface area contributed by atoms with E-state index < -0.39 is 29.2 Å². The molecule has 0 spiro atoms. The summed E-state index contributed by atoms with van der Waals surface area (Å²) in [4.78, 5) is 17.3. The molecule has 0 saturated heterocycles. The lowest BCUT2D eigenvalue weighted by molar-refractivity contribution is -0.150. The number of nitrogens with one attached hydrogen (secondary N) is 2. The minimum absolute atomic E-state index is 0.0792. The quantitative estimate of drug-likeness (QED) is 0.335. The minimum atomic E-state index is -4.58. The SMILES string of the molecule is Cc1cc(=O)[nH]c(SCC(C(=N)N)C(F)(F)F)n1. The topological polar surface area (TPSA) is 95.6 Å². The Morgan fingerprint density at radius 2 is 2.28 bits per heavy atom. The van der Waals surface area contributed by atoms with E-state index in [9.17, 15) is 18.0 Å². The first-order valence-electron chi connectivity index (χ1n) is 4.81. The molecule has 0 amide bonds. The lowest BCUT2D eigenvalue weighted by Gasteiger charge is -2.17. The third-order valence-corrected chi connectivity index (χ3v) is 2.97. The first-order valence-corrected chi connectivity index (χ1v) is 5.80. The van der Waals surface area contributed by atoms with Crippen LogP contribution >= 0.6 is 11.8 Å². The minimum Gasteiger partial charge on any atom is -0.387 e. The van der Waals surface area contributed by atoms with Crippen molar-refractivity contribution in [2.75, 3.05) is 5.75 Å². The lowest BCUT2D eigenvalue weighted by atomic mass is 10.1. The predicted octanol–water partition coefficient (Wildman–Crippen LogP) is 1.28. The molecular weight excluding hydrogens is 269 g/mol. The van der Waals surface area contributed by atoms with Crippen LogP contribution in [0.25, 0.3) is 0 Å². The van der Waals surface area contributed by atoms with Gasteiger partial charge in [0.1, 0.15) is 11.8 Å². The van der Waals surface area contributed by atoms with Crippen molar-refractivity contribution in [1.82, 2.24) is 9.97 Å². The highest BCUT2D eigenvalue weighted by Crippen LogP contribution is 2.30. The second-order valence-corrected chi connectivity index (χ2v) is 4.56. The van der Waals surface area contributed by atoms with Gasteiger partial charge in [-0.15, -0.1) is 0 Å². The second-order valence-electron chi connectivity index (χ2n) is 3.55. The average Bonchev–Trinajstić information content (AvgIpc) is 2.12. The van der Waals surface area contributed by atoms with Crippen LogP contribution in [0.4, 0.5) is 13.2 Å². The number of alkyl halides is 3. The maximum absolute atomic E-state index is 12.5. The molecule has 0 fully saturated rings. The van der Waals surface area contributed by atoms with Crippen LogP contribution in [0.5, 0.6) is 0 Å². The van der Waals surface area contributed by atoms with Crippen LogP contribution in [-0.2, 0) is 0 Å². The lowest BCUT2D eigenvalue weighted by Crippen LogP contribution is -2.37. The van der Waals surface area contributed by atoms with Crippen molar-refractivity contribution in [3.63, 3.8) is 0 Å². The van der Waals surface area contributed by atoms with Crippen LogP contribution in [0.2, 0.25) is 0 Å². The first kappa shape index (κ1) is 14.6. The third kappa shape index (κ3) is 4.06. The molecule has 0 bridgehead atoms. The van der Waals surface area contributed by atoms with Crippen LogP contribution in [0.15, 0.2) is 16.0 Å². The monoisotopic (exact) mass is 280 g/mol. The fourth-order valence-electron chi connectivity index (χ4n) is 1.14. The maximum atomic E-state index is 12.5. The molecule has 1 unspecified atom stereocenters. The summed E-state index contributed by atoms with van der Waals surface area (Å²) in [5.74, 6) is -3.50. The summed E-state index contributed by atoms with van der Waals surface area (Å²) < 4.78 is 37.5. The van der Waals surface area contributed by atoms with Gasteiger partial charge in [-0.05, 0) is 6.92 Å². The normalized spacial score (nSPS) is 13.3. The number of hydrogen-bond acceptors (Lipinski definition) is 4. The van der Waals surface area contributed by atoms with Gasteiger partial charge in [0.05, 0.1) is 0 Å². The Balaban J connectivity index is 2.79. The van der Waals surface area contributed by atoms with Gasteiger partial charge in [0.15, 0.2) is 5.16 Å². The summed E-state index contributed by atoms with van der Waals surface area (Å²) in [7, 11) is 0. The Bertz CT molecular complexity index is 499. The molecule has 0 aliphatic heterocycles. The highest BCUT2D eigenvalue weighted by atomic mass is 32.2. The molecule has 0 aliphatic rings. The number of nitrogens with zero attached hydrogens (tertiary/aromatic N) is 1. The summed E-state index contributed by atoms with van der Waals surface area (Å²) in [6.45, 7) is 1.56. The van der Waals surface area contributed by atoms with E-state index in [0.29, 0.717) is 17.5 Å². The molecule has 4 N–H and O–H groups in total. The van der Waals surface area contributed by atoms with E-state index in [1.807, 2.05) is 0 Å². The highest BCUT2D eigenvalue weighted by Gasteiger charge is 2.41. The number of halogens is 3. The predicted molar refractivity (Wildman–Crippen MR) is 61.8 cm³/mol. The van der Waals surface area contributed by atoms with Gasteiger partial charge in [0.25, 0.3) is 5.56 Å². The molecule has 0 aliphatic carbocycles. The number of amidine groups is 1. The van der Waals surface area contributed by atoms with Crippen molar-refractivity contribution in [2.45, 2.75) is 18.3 Å². The first-order chi connectivity index (χ1) is 8.20. The van der Waals surface area contributed by atoms with E-state index >= 15 is 0 Å². The van der Waals surface area contributed by atoms with Crippen LogP contribution < -0.4 is 11.3 Å². The van der Waals surface area contributed by atoms with Crippen molar-refractivity contribution >= 4 is 17.6 Å². The molecule has 0 saturated carbocycles. The Hall–Kier alpha value is -1.51. The van der Waals surface area contributed by atoms with Crippen molar-refractivity contribution in [1.29, 1.82) is 5.41 Å². The molecule has 100 valence electrons. The molecule has 9 heteroatoms. The summed E-state index contributed by atoms with van der Waals surface area (Å²) in [5.41, 5.74) is 4.88. The van der Waals surface area contributed by atoms with Crippen molar-refractivity contribution in [3.8, 4) is 0 Å². The summed E-state index contributed by atoms with van der Waals surface area (Å²) >= 11 is 0.705. The number of aromatic nitrogens is 2. The van der Waals surface area contributed by atoms with Crippen molar-refractivity contribution in [3.05, 3.63) is 22.1 Å². The van der Waals surface area contributed by atoms with E-state index in [2.05, 4.69) is 9.97 Å². The van der Waals surface area contributed by atoms with Gasteiger partial charge in [0, 0.05) is 17.5 Å². The smallest absolute Gasteiger partial charge is 0.387 e. The van der Waals surface area contributed by atoms with E-state index in [1.165, 1.54) is 6.07 Å². The fraction of sp³-hybridized carbons (Fsp3) is 0.444. The zero-order valence-electron chi connectivity index (χ0n) is 9.34. The Morgan fingerprint density at radius 1 is 1.67 bits per heavy atom. The van der Waals surface area contributed by atoms with Gasteiger partial charge in [-0.1, -0.05) is 11.8 Å². The Kier molecular flexibility index (Phi) is 4.38. The number of aromatic amines is 1. The van der Waals surface area contributed by atoms with Crippen molar-refractivity contribution in [2.24, 2.45) is 11.7 Å². The molecule has 1 aromatic rings. The molecule has 1 heterocycles. The van der Waals surface area contributed by atoms with Crippen LogP contribution in [0.3, 0.4) is 0 Å². The van der Waals surface area contributed by atoms with E-state index in [4.69, 9.17) is 11.1 Å². The molecular formula is C9H11F3N4OS. The molecule has 18 heavy (non-hydrogen) atoms. The zero-order chi connectivity index (χ0) is 13.9. The van der Waals surface area contributed by atoms with Crippen LogP contribution in [-0.4, -0.2) is 27.7 Å². The largest absolute Gasteiger partial charge is 0.399 e. The molecule has 1 atom stereocenters. The van der Waals surface area contributed by atoms with E-state index in [-0.39, 0.29) is 5.16 Å². The van der Waals surface area contributed by atoms with Crippen LogP contribution in [0.1, 0.15) is 5.69 Å². The van der Waals surface area contributed by atoms with Gasteiger partial charge in [-0.3, -0.25) is 10.2 Å². The number of aryl methyl sites for hydroxylation is 1. The molecule has 0 aromatic carbocycles. The molecule has 5 nitrogen and oxygen atoms in total. The van der Waals surface area contributed by atoms with Crippen molar-refractivity contribution < 1.29 is 13.2 Å². The molecule has 0 radical (unpaired) electrons. The van der Waals surface area contributed by atoms with Gasteiger partial charge in [-0.2, -0.15) is 13.2 Å². The third-order valence-electron chi connectivity index (χ3n) is 2.01. The standard InChI is InChI=1S/C9H11F3N4OS/c1-4-2-6(17)16-8(15-4)18-3-5(7(13)14)9(10,11)12/h2,5H,3H2,1H3,(H3,13,14)(H,15,16,17). The van der Waals surface area contributed by atoms with E-state index in [1.54, 1.807) is 6.92 Å². The molecule has 1 aromatic heterocycles. The number of rotatable bonds is 4. The zero-order valence-corrected chi connectivity index (χ0v) is 10.2. The summed E-state index contributed by atoms with van der Waals surface area (Å²) in [5, 5.41) is 6.99. The highest BCUT2D eigenvalue weighted by molar-refractivity contribution is 7.99. The van der Waals surface area contributed by atoms with Gasteiger partial charge in [0.2, 0.25) is 0 Å². The molecule has 1 rings (SSSR count). The number of thioether (sulfide) groups is 1.